The third-order valence-corrected chi connectivity index (χ3v) is 3.08. The van der Waals surface area contributed by atoms with Crippen LogP contribution in [0, 0.1) is 0 Å². The Labute approximate surface area is 115 Å². The van der Waals surface area contributed by atoms with Crippen molar-refractivity contribution in [1.29, 1.82) is 0 Å². The Bertz CT molecular complexity index is 574. The van der Waals surface area contributed by atoms with Crippen LogP contribution in [-0.4, -0.2) is 38.1 Å². The summed E-state index contributed by atoms with van der Waals surface area (Å²) in [7, 11) is 0. The molecule has 0 bridgehead atoms. The molecule has 1 aromatic heterocycles. The number of imidazole rings is 1. The largest absolute Gasteiger partial charge is 0.481 e. The minimum absolute atomic E-state index is 0.0896. The van der Waals surface area contributed by atoms with Crippen molar-refractivity contribution in [2.45, 2.75) is 44.6 Å². The monoisotopic (exact) mass is 280 g/mol. The molecule has 7 nitrogen and oxygen atoms in total. The molecule has 0 aromatic carbocycles. The minimum Gasteiger partial charge on any atom is -0.481 e. The van der Waals surface area contributed by atoms with Gasteiger partial charge in [-0.15, -0.1) is 0 Å². The summed E-state index contributed by atoms with van der Waals surface area (Å²) in [6.45, 7) is 5.18. The number of ether oxygens (including phenoxy) is 1. The van der Waals surface area contributed by atoms with E-state index in [-0.39, 0.29) is 24.3 Å². The van der Waals surface area contributed by atoms with Gasteiger partial charge in [0.1, 0.15) is 23.1 Å². The quantitative estimate of drug-likeness (QED) is 0.878. The van der Waals surface area contributed by atoms with Crippen LogP contribution in [-0.2, 0) is 19.7 Å². The van der Waals surface area contributed by atoms with E-state index in [1.807, 2.05) is 0 Å². The maximum Gasteiger partial charge on any atom is 0.419 e. The number of hydrogen-bond acceptors (Lipinski definition) is 5. The molecule has 1 heterocycles. The molecular weight excluding hydrogens is 264 g/mol. The molecule has 20 heavy (non-hydrogen) atoms. The third-order valence-electron chi connectivity index (χ3n) is 3.08. The molecule has 0 aliphatic heterocycles. The summed E-state index contributed by atoms with van der Waals surface area (Å²) in [6.07, 6.45) is 1.70. The molecule has 1 aliphatic rings. The number of hydrogen-bond donors (Lipinski definition) is 1. The van der Waals surface area contributed by atoms with Crippen molar-refractivity contribution in [3.8, 4) is 0 Å². The molecule has 1 N–H and O–H groups in total. The number of ketones is 1. The van der Waals surface area contributed by atoms with Crippen molar-refractivity contribution in [3.63, 3.8) is 0 Å². The Kier molecular flexibility index (Phi) is 3.15. The number of aromatic nitrogens is 2. The van der Waals surface area contributed by atoms with Crippen LogP contribution in [0.4, 0.5) is 4.79 Å². The molecule has 2 rings (SSSR count). The molecule has 0 saturated heterocycles. The average molecular weight is 280 g/mol. The number of rotatable bonds is 2. The molecule has 0 radical (unpaired) electrons. The van der Waals surface area contributed by atoms with Crippen molar-refractivity contribution >= 4 is 17.8 Å². The Morgan fingerprint density at radius 1 is 1.40 bits per heavy atom. The van der Waals surface area contributed by atoms with Crippen LogP contribution >= 0.6 is 0 Å². The van der Waals surface area contributed by atoms with Gasteiger partial charge in [0.15, 0.2) is 0 Å². The first-order valence-corrected chi connectivity index (χ1v) is 6.17. The summed E-state index contributed by atoms with van der Waals surface area (Å²) in [4.78, 5) is 38.2. The van der Waals surface area contributed by atoms with Gasteiger partial charge < -0.3 is 9.84 Å². The number of carboxylic acid groups (broad SMARTS) is 1. The highest BCUT2D eigenvalue weighted by Crippen LogP contribution is 2.40. The SMILES string of the molecule is CC(C)(C)OC(=O)n1cnc(C2(C(=O)O)CC(=O)C2)c1. The van der Waals surface area contributed by atoms with Crippen molar-refractivity contribution in [2.75, 3.05) is 0 Å². The lowest BCUT2D eigenvalue weighted by atomic mass is 9.66. The molecule has 1 aliphatic carbocycles. The van der Waals surface area contributed by atoms with Crippen LogP contribution < -0.4 is 0 Å². The molecule has 0 spiro atoms. The zero-order valence-corrected chi connectivity index (χ0v) is 11.5. The van der Waals surface area contributed by atoms with Crippen LogP contribution in [0.3, 0.4) is 0 Å². The molecule has 0 atom stereocenters. The van der Waals surface area contributed by atoms with Gasteiger partial charge in [-0.25, -0.2) is 14.3 Å². The Morgan fingerprint density at radius 2 is 2.00 bits per heavy atom. The zero-order valence-electron chi connectivity index (χ0n) is 11.5. The van der Waals surface area contributed by atoms with E-state index in [2.05, 4.69) is 4.98 Å². The Hall–Kier alpha value is -2.18. The van der Waals surface area contributed by atoms with Gasteiger partial charge in [0.2, 0.25) is 0 Å². The van der Waals surface area contributed by atoms with E-state index in [0.717, 1.165) is 4.57 Å². The molecule has 0 unspecified atom stereocenters. The topological polar surface area (TPSA) is 98.5 Å². The highest BCUT2D eigenvalue weighted by atomic mass is 16.6. The van der Waals surface area contributed by atoms with E-state index < -0.39 is 23.1 Å². The van der Waals surface area contributed by atoms with Crippen molar-refractivity contribution in [2.24, 2.45) is 0 Å². The second-order valence-electron chi connectivity index (χ2n) is 5.93. The van der Waals surface area contributed by atoms with Crippen molar-refractivity contribution in [3.05, 3.63) is 18.2 Å². The molecule has 1 fully saturated rings. The third kappa shape index (κ3) is 2.43. The summed E-state index contributed by atoms with van der Waals surface area (Å²) in [5.41, 5.74) is -1.75. The lowest BCUT2D eigenvalue weighted by molar-refractivity contribution is -0.153. The normalized spacial score (nSPS) is 17.4. The fraction of sp³-hybridized carbons (Fsp3) is 0.538. The second-order valence-corrected chi connectivity index (χ2v) is 5.93. The lowest BCUT2D eigenvalue weighted by Gasteiger charge is -2.34. The van der Waals surface area contributed by atoms with E-state index in [9.17, 15) is 19.5 Å². The smallest absolute Gasteiger partial charge is 0.419 e. The van der Waals surface area contributed by atoms with Gasteiger partial charge in [0.05, 0.1) is 5.69 Å². The average Bonchev–Trinajstić information content (AvgIpc) is 2.70. The van der Waals surface area contributed by atoms with Crippen LogP contribution in [0.1, 0.15) is 39.3 Å². The highest BCUT2D eigenvalue weighted by Gasteiger charge is 2.53. The number of carbonyl (C=O) groups excluding carboxylic acids is 2. The number of Topliss-reactive ketones (excluding diaryl/α,β-unsaturated/α-hetero) is 1. The van der Waals surface area contributed by atoms with E-state index in [0.29, 0.717) is 0 Å². The van der Waals surface area contributed by atoms with E-state index in [1.165, 1.54) is 12.5 Å². The van der Waals surface area contributed by atoms with E-state index in [4.69, 9.17) is 4.74 Å². The molecule has 1 aromatic rings. The Balaban J connectivity index is 2.23. The van der Waals surface area contributed by atoms with Gasteiger partial charge >= 0.3 is 12.1 Å². The van der Waals surface area contributed by atoms with Crippen LogP contribution in [0.15, 0.2) is 12.5 Å². The molecule has 0 amide bonds. The predicted octanol–water partition coefficient (Wildman–Crippen LogP) is 1.35. The van der Waals surface area contributed by atoms with Crippen molar-refractivity contribution in [1.82, 2.24) is 9.55 Å². The summed E-state index contributed by atoms with van der Waals surface area (Å²) in [5.74, 6) is -1.23. The van der Waals surface area contributed by atoms with Gasteiger partial charge in [0.25, 0.3) is 0 Å². The van der Waals surface area contributed by atoms with Crippen molar-refractivity contribution < 1.29 is 24.2 Å². The summed E-state index contributed by atoms with van der Waals surface area (Å²) in [6, 6.07) is 0. The van der Waals surface area contributed by atoms with Gasteiger partial charge in [-0.05, 0) is 20.8 Å². The van der Waals surface area contributed by atoms with Crippen LogP contribution in [0.5, 0.6) is 0 Å². The van der Waals surface area contributed by atoms with Gasteiger partial charge in [-0.3, -0.25) is 9.59 Å². The summed E-state index contributed by atoms with van der Waals surface area (Å²) >= 11 is 0. The molecule has 1 saturated carbocycles. The maximum absolute atomic E-state index is 11.8. The molecule has 108 valence electrons. The minimum atomic E-state index is -1.30. The van der Waals surface area contributed by atoms with Crippen LogP contribution in [0.2, 0.25) is 0 Å². The first-order valence-electron chi connectivity index (χ1n) is 6.17. The summed E-state index contributed by atoms with van der Waals surface area (Å²) in [5, 5.41) is 9.27. The fourth-order valence-electron chi connectivity index (χ4n) is 2.05. The maximum atomic E-state index is 11.8. The van der Waals surface area contributed by atoms with Gasteiger partial charge in [-0.1, -0.05) is 0 Å². The lowest BCUT2D eigenvalue weighted by Crippen LogP contribution is -2.48. The first kappa shape index (κ1) is 14.2. The van der Waals surface area contributed by atoms with Gasteiger partial charge in [-0.2, -0.15) is 0 Å². The molecular formula is C13H16N2O5. The first-order chi connectivity index (χ1) is 9.14. The molecule has 7 heteroatoms. The highest BCUT2D eigenvalue weighted by molar-refractivity contribution is 6.01. The standard InChI is InChI=1S/C13H16N2O5/c1-12(2,3)20-11(19)15-6-9(14-7-15)13(10(17)18)4-8(16)5-13/h6-7H,4-5H2,1-3H3,(H,17,18). The fourth-order valence-corrected chi connectivity index (χ4v) is 2.05. The van der Waals surface area contributed by atoms with E-state index >= 15 is 0 Å². The Morgan fingerprint density at radius 3 is 2.45 bits per heavy atom. The van der Waals surface area contributed by atoms with E-state index in [1.54, 1.807) is 20.8 Å². The number of carbonyl (C=O) groups is 3. The summed E-state index contributed by atoms with van der Waals surface area (Å²) < 4.78 is 6.24. The second kappa shape index (κ2) is 4.43. The van der Waals surface area contributed by atoms with Gasteiger partial charge in [0, 0.05) is 19.0 Å². The zero-order chi connectivity index (χ0) is 15.1. The van der Waals surface area contributed by atoms with Crippen LogP contribution in [0.25, 0.3) is 0 Å². The number of carboxylic acids is 1. The predicted molar refractivity (Wildman–Crippen MR) is 67.4 cm³/mol. The number of aliphatic carboxylic acids is 1. The number of nitrogens with zero attached hydrogens (tertiary/aromatic N) is 2.